The monoisotopic (exact) mass is 658 g/mol. The van der Waals surface area contributed by atoms with E-state index in [1.54, 1.807) is 0 Å². The molecule has 0 aromatic heterocycles. The van der Waals surface area contributed by atoms with Gasteiger partial charge in [-0.25, -0.2) is 0 Å². The molecule has 0 saturated heterocycles. The Kier molecular flexibility index (Phi) is 8.09. The van der Waals surface area contributed by atoms with E-state index in [1.807, 2.05) is 121 Å². The number of benzene rings is 6. The third-order valence-corrected chi connectivity index (χ3v) is 16.5. The van der Waals surface area contributed by atoms with E-state index in [1.165, 1.54) is 11.1 Å². The highest BCUT2D eigenvalue weighted by molar-refractivity contribution is 7.85. The molecular weight excluding hydrogens is 622 g/mol. The molecule has 2 nitrogen and oxygen atoms in total. The van der Waals surface area contributed by atoms with Gasteiger partial charge in [-0.3, -0.25) is 0 Å². The van der Waals surface area contributed by atoms with E-state index in [0.29, 0.717) is 0 Å². The van der Waals surface area contributed by atoms with E-state index in [9.17, 15) is 0 Å². The van der Waals surface area contributed by atoms with E-state index in [-0.39, 0.29) is 5.92 Å². The summed E-state index contributed by atoms with van der Waals surface area (Å²) in [7, 11) is -6.74. The molecule has 0 radical (unpaired) electrons. The second kappa shape index (κ2) is 12.7. The van der Waals surface area contributed by atoms with Gasteiger partial charge in [-0.1, -0.05) is 176 Å². The number of fused-ring (bicyclic) bond motifs is 1. The van der Waals surface area contributed by atoms with Crippen molar-refractivity contribution in [2.24, 2.45) is 0 Å². The molecule has 0 N–H and O–H groups in total. The van der Waals surface area contributed by atoms with Gasteiger partial charge in [0, 0.05) is 38.1 Å². The molecule has 8 rings (SSSR count). The lowest BCUT2D eigenvalue weighted by Gasteiger charge is -2.40. The Hall–Kier alpha value is -4.74. The van der Waals surface area contributed by atoms with Gasteiger partial charge in [0.2, 0.25) is 0 Å². The van der Waals surface area contributed by atoms with Crippen LogP contribution < -0.4 is 26.5 Å². The Balaban J connectivity index is 1.50. The van der Waals surface area contributed by atoms with Crippen molar-refractivity contribution in [3.63, 3.8) is 0 Å². The van der Waals surface area contributed by atoms with Gasteiger partial charge in [-0.05, 0) is 46.4 Å². The Bertz CT molecular complexity index is 2200. The second-order valence-corrected chi connectivity index (χ2v) is 18.3. The van der Waals surface area contributed by atoms with Crippen molar-refractivity contribution in [2.75, 3.05) is 0 Å². The van der Waals surface area contributed by atoms with E-state index >= 15 is 9.13 Å². The molecule has 48 heavy (non-hydrogen) atoms. The van der Waals surface area contributed by atoms with Crippen molar-refractivity contribution in [2.45, 2.75) is 24.4 Å². The van der Waals surface area contributed by atoms with Crippen LogP contribution in [0.25, 0.3) is 10.8 Å². The lowest BCUT2D eigenvalue weighted by Crippen LogP contribution is -2.36. The van der Waals surface area contributed by atoms with Gasteiger partial charge in [0.1, 0.15) is 0 Å². The standard InChI is InChI=1S/C44H36O2P2/c45-47(35-19-5-1-6-20-35,36-21-7-2-8-22-36)41-31-29-33-17-13-15-27-39(33)43(41)44-40-28-16-14-18-34(40)30-32-42(44)48(46,37-23-9-3-10-24-37)38-25-11-4-12-26-38/h1-13,15-17,19-32,42,44H,14,18H2. The summed E-state index contributed by atoms with van der Waals surface area (Å²) >= 11 is 0. The SMILES string of the molecule is O=P(c1ccccc1)(c1ccccc1)c1ccc2ccccc2c1C1C2=C(C=CC1P(=O)(c1ccccc1)c1ccccc1)CCC=C2. The Morgan fingerprint density at radius 1 is 0.521 bits per heavy atom. The molecule has 0 spiro atoms. The van der Waals surface area contributed by atoms with Crippen LogP contribution in [0.1, 0.15) is 24.3 Å². The van der Waals surface area contributed by atoms with Gasteiger partial charge in [0.15, 0.2) is 14.3 Å². The molecule has 0 amide bonds. The van der Waals surface area contributed by atoms with Crippen molar-refractivity contribution in [1.82, 2.24) is 0 Å². The summed E-state index contributed by atoms with van der Waals surface area (Å²) in [5, 5.41) is 6.17. The van der Waals surface area contributed by atoms with Crippen LogP contribution in [-0.2, 0) is 9.13 Å². The lowest BCUT2D eigenvalue weighted by atomic mass is 9.77. The summed E-state index contributed by atoms with van der Waals surface area (Å²) in [5.41, 5.74) is 3.03. The first-order chi connectivity index (χ1) is 23.6. The fraction of sp³-hybridized carbons (Fsp3) is 0.0909. The minimum atomic E-state index is -3.42. The first-order valence-corrected chi connectivity index (χ1v) is 20.1. The van der Waals surface area contributed by atoms with E-state index in [2.05, 4.69) is 60.7 Å². The predicted molar refractivity (Wildman–Crippen MR) is 204 cm³/mol. The normalized spacial score (nSPS) is 17.8. The van der Waals surface area contributed by atoms with Gasteiger partial charge in [0.25, 0.3) is 0 Å². The molecule has 2 aliphatic carbocycles. The van der Waals surface area contributed by atoms with Gasteiger partial charge in [-0.2, -0.15) is 0 Å². The molecule has 0 bridgehead atoms. The summed E-state index contributed by atoms with van der Waals surface area (Å²) in [6, 6.07) is 52.4. The Morgan fingerprint density at radius 2 is 1.04 bits per heavy atom. The smallest absolute Gasteiger partial charge is 0.171 e. The maximum atomic E-state index is 16.3. The molecule has 0 saturated carbocycles. The maximum Gasteiger partial charge on any atom is 0.171 e. The molecule has 0 fully saturated rings. The van der Waals surface area contributed by atoms with Crippen LogP contribution in [0.4, 0.5) is 0 Å². The van der Waals surface area contributed by atoms with E-state index in [4.69, 9.17) is 0 Å². The van der Waals surface area contributed by atoms with Crippen molar-refractivity contribution >= 4 is 51.6 Å². The van der Waals surface area contributed by atoms with E-state index in [0.717, 1.165) is 55.7 Å². The Morgan fingerprint density at radius 3 is 1.62 bits per heavy atom. The van der Waals surface area contributed by atoms with Crippen molar-refractivity contribution in [3.05, 3.63) is 199 Å². The lowest BCUT2D eigenvalue weighted by molar-refractivity contribution is 0.576. The van der Waals surface area contributed by atoms with Crippen LogP contribution >= 0.6 is 14.3 Å². The number of allylic oxidation sites excluding steroid dienone is 6. The topological polar surface area (TPSA) is 34.1 Å². The fourth-order valence-corrected chi connectivity index (χ4v) is 13.9. The highest BCUT2D eigenvalue weighted by Gasteiger charge is 2.46. The molecule has 0 heterocycles. The van der Waals surface area contributed by atoms with Gasteiger partial charge >= 0.3 is 0 Å². The maximum absolute atomic E-state index is 16.3. The number of hydrogen-bond donors (Lipinski definition) is 0. The zero-order valence-electron chi connectivity index (χ0n) is 26.6. The minimum absolute atomic E-state index is 0.311. The van der Waals surface area contributed by atoms with E-state index < -0.39 is 19.9 Å². The number of hydrogen-bond acceptors (Lipinski definition) is 2. The molecule has 234 valence electrons. The van der Waals surface area contributed by atoms with Crippen LogP contribution in [0.2, 0.25) is 0 Å². The quantitative estimate of drug-likeness (QED) is 0.160. The zero-order valence-corrected chi connectivity index (χ0v) is 28.4. The Labute approximate surface area is 282 Å². The first-order valence-electron chi connectivity index (χ1n) is 16.6. The minimum Gasteiger partial charge on any atom is -0.313 e. The number of rotatable bonds is 7. The van der Waals surface area contributed by atoms with Crippen LogP contribution in [0.3, 0.4) is 0 Å². The predicted octanol–water partition coefficient (Wildman–Crippen LogP) is 9.16. The summed E-state index contributed by atoms with van der Waals surface area (Å²) in [4.78, 5) is 0. The van der Waals surface area contributed by atoms with Gasteiger partial charge < -0.3 is 9.13 Å². The van der Waals surface area contributed by atoms with Crippen LogP contribution in [0, 0.1) is 0 Å². The first kappa shape index (κ1) is 30.6. The summed E-state index contributed by atoms with van der Waals surface area (Å²) in [5.74, 6) is -0.311. The van der Waals surface area contributed by atoms with Crippen LogP contribution in [0.15, 0.2) is 193 Å². The van der Waals surface area contributed by atoms with Gasteiger partial charge in [0.05, 0.1) is 0 Å². The van der Waals surface area contributed by atoms with Crippen LogP contribution in [-0.4, -0.2) is 5.66 Å². The summed E-state index contributed by atoms with van der Waals surface area (Å²) in [6.07, 6.45) is 10.8. The molecular formula is C44H36O2P2. The highest BCUT2D eigenvalue weighted by atomic mass is 31.2. The summed E-state index contributed by atoms with van der Waals surface area (Å²) in [6.45, 7) is 0. The molecule has 4 heteroatoms. The molecule has 2 unspecified atom stereocenters. The van der Waals surface area contributed by atoms with Crippen LogP contribution in [0.5, 0.6) is 0 Å². The average Bonchev–Trinajstić information content (AvgIpc) is 3.18. The van der Waals surface area contributed by atoms with Crippen molar-refractivity contribution in [3.8, 4) is 0 Å². The summed E-state index contributed by atoms with van der Waals surface area (Å²) < 4.78 is 32.6. The molecule has 2 atom stereocenters. The largest absolute Gasteiger partial charge is 0.313 e. The molecule has 6 aromatic rings. The third kappa shape index (κ3) is 5.03. The molecule has 6 aromatic carbocycles. The molecule has 0 aliphatic heterocycles. The third-order valence-electron chi connectivity index (χ3n) is 9.96. The van der Waals surface area contributed by atoms with Crippen molar-refractivity contribution < 1.29 is 9.13 Å². The zero-order chi connectivity index (χ0) is 32.6. The molecule has 2 aliphatic rings. The van der Waals surface area contributed by atoms with Crippen molar-refractivity contribution in [1.29, 1.82) is 0 Å². The highest BCUT2D eigenvalue weighted by Crippen LogP contribution is 2.60. The average molecular weight is 659 g/mol. The van der Waals surface area contributed by atoms with Gasteiger partial charge in [-0.15, -0.1) is 0 Å². The fourth-order valence-electron chi connectivity index (χ4n) is 7.73. The second-order valence-electron chi connectivity index (χ2n) is 12.6.